The number of piperidine rings is 1. The third-order valence-corrected chi connectivity index (χ3v) is 5.52. The normalized spacial score (nSPS) is 19.2. The number of hydrogen-bond donors (Lipinski definition) is 1. The van der Waals surface area contributed by atoms with Gasteiger partial charge in [0.2, 0.25) is 0 Å². The highest BCUT2D eigenvalue weighted by atomic mass is 127. The van der Waals surface area contributed by atoms with Crippen LogP contribution in [0.3, 0.4) is 0 Å². The SMILES string of the molecule is CCOC(=O)C1CCN(C(=NC)NCC2(c3ccc(F)cc3)CC2)CC1.I. The Morgan fingerprint density at radius 1 is 1.30 bits per heavy atom. The van der Waals surface area contributed by atoms with Crippen molar-refractivity contribution in [2.75, 3.05) is 33.3 Å². The van der Waals surface area contributed by atoms with Gasteiger partial charge in [0.15, 0.2) is 5.96 Å². The molecule has 0 atom stereocenters. The molecule has 0 unspecified atom stereocenters. The van der Waals surface area contributed by atoms with E-state index in [0.717, 1.165) is 51.3 Å². The van der Waals surface area contributed by atoms with E-state index >= 15 is 0 Å². The van der Waals surface area contributed by atoms with Crippen LogP contribution in [-0.4, -0.2) is 50.1 Å². The van der Waals surface area contributed by atoms with E-state index in [9.17, 15) is 9.18 Å². The fourth-order valence-electron chi connectivity index (χ4n) is 3.69. The zero-order chi connectivity index (χ0) is 18.6. The maximum absolute atomic E-state index is 13.2. The van der Waals surface area contributed by atoms with E-state index in [2.05, 4.69) is 15.2 Å². The number of ether oxygens (including phenoxy) is 1. The van der Waals surface area contributed by atoms with Gasteiger partial charge in [-0.25, -0.2) is 4.39 Å². The molecule has 2 aliphatic rings. The highest BCUT2D eigenvalue weighted by Crippen LogP contribution is 2.47. The summed E-state index contributed by atoms with van der Waals surface area (Å²) in [4.78, 5) is 18.5. The highest BCUT2D eigenvalue weighted by Gasteiger charge is 2.44. The van der Waals surface area contributed by atoms with Crippen molar-refractivity contribution < 1.29 is 13.9 Å². The lowest BCUT2D eigenvalue weighted by Gasteiger charge is -2.34. The van der Waals surface area contributed by atoms with Crippen molar-refractivity contribution in [1.82, 2.24) is 10.2 Å². The smallest absolute Gasteiger partial charge is 0.309 e. The Labute approximate surface area is 177 Å². The van der Waals surface area contributed by atoms with Crippen LogP contribution < -0.4 is 5.32 Å². The topological polar surface area (TPSA) is 53.9 Å². The van der Waals surface area contributed by atoms with Crippen LogP contribution in [0.4, 0.5) is 4.39 Å². The number of carbonyl (C=O) groups is 1. The molecule has 1 saturated carbocycles. The lowest BCUT2D eigenvalue weighted by atomic mass is 9.95. The minimum atomic E-state index is -0.196. The number of carbonyl (C=O) groups excluding carboxylic acids is 1. The lowest BCUT2D eigenvalue weighted by Crippen LogP contribution is -2.48. The van der Waals surface area contributed by atoms with E-state index in [1.165, 1.54) is 17.7 Å². The molecule has 0 radical (unpaired) electrons. The van der Waals surface area contributed by atoms with Crippen molar-refractivity contribution in [2.45, 2.75) is 38.0 Å². The predicted molar refractivity (Wildman–Crippen MR) is 115 cm³/mol. The fourth-order valence-corrected chi connectivity index (χ4v) is 3.69. The Morgan fingerprint density at radius 3 is 2.44 bits per heavy atom. The van der Waals surface area contributed by atoms with Crippen LogP contribution in [-0.2, 0) is 14.9 Å². The van der Waals surface area contributed by atoms with Crippen molar-refractivity contribution in [3.05, 3.63) is 35.6 Å². The Morgan fingerprint density at radius 2 is 1.93 bits per heavy atom. The van der Waals surface area contributed by atoms with Gasteiger partial charge in [0.1, 0.15) is 5.82 Å². The van der Waals surface area contributed by atoms with E-state index in [4.69, 9.17) is 4.74 Å². The average molecular weight is 489 g/mol. The van der Waals surface area contributed by atoms with Crippen LogP contribution in [0.5, 0.6) is 0 Å². The van der Waals surface area contributed by atoms with E-state index in [0.29, 0.717) is 6.61 Å². The summed E-state index contributed by atoms with van der Waals surface area (Å²) < 4.78 is 18.3. The number of aliphatic imine (C=N–C) groups is 1. The summed E-state index contributed by atoms with van der Waals surface area (Å²) in [5, 5.41) is 3.49. The van der Waals surface area contributed by atoms with Gasteiger partial charge in [-0.15, -0.1) is 24.0 Å². The van der Waals surface area contributed by atoms with Crippen LogP contribution in [0.15, 0.2) is 29.3 Å². The number of likely N-dealkylation sites (tertiary alicyclic amines) is 1. The van der Waals surface area contributed by atoms with Gasteiger partial charge in [-0.3, -0.25) is 9.79 Å². The van der Waals surface area contributed by atoms with Crippen molar-refractivity contribution in [2.24, 2.45) is 10.9 Å². The second-order valence-electron chi connectivity index (χ2n) is 7.20. The van der Waals surface area contributed by atoms with Crippen LogP contribution in [0.25, 0.3) is 0 Å². The van der Waals surface area contributed by atoms with E-state index in [1.54, 1.807) is 7.05 Å². The molecule has 3 rings (SSSR count). The third kappa shape index (κ3) is 5.33. The minimum absolute atomic E-state index is 0. The molecule has 1 aliphatic heterocycles. The number of guanidine groups is 1. The number of nitrogens with one attached hydrogen (secondary N) is 1. The zero-order valence-electron chi connectivity index (χ0n) is 16.0. The molecular formula is C20H29FIN3O2. The molecule has 0 aromatic heterocycles. The Kier molecular flexibility index (Phi) is 7.88. The van der Waals surface area contributed by atoms with Crippen LogP contribution in [0.1, 0.15) is 38.2 Å². The van der Waals surface area contributed by atoms with Gasteiger partial charge in [-0.1, -0.05) is 12.1 Å². The molecule has 1 saturated heterocycles. The maximum atomic E-state index is 13.2. The number of halogens is 2. The standard InChI is InChI=1S/C20H28FN3O2.HI/c1-3-26-18(25)15-8-12-24(13-9-15)19(22-2)23-14-20(10-11-20)16-4-6-17(21)7-5-16;/h4-7,15H,3,8-14H2,1-2H3,(H,22,23);1H. The average Bonchev–Trinajstić information content (AvgIpc) is 3.44. The molecule has 1 aliphatic carbocycles. The summed E-state index contributed by atoms with van der Waals surface area (Å²) >= 11 is 0. The first-order valence-corrected chi connectivity index (χ1v) is 9.46. The van der Waals surface area contributed by atoms with Gasteiger partial charge in [0, 0.05) is 32.1 Å². The Balaban J connectivity index is 0.00000261. The summed E-state index contributed by atoms with van der Waals surface area (Å²) in [6, 6.07) is 6.84. The van der Waals surface area contributed by atoms with Crippen LogP contribution in [0, 0.1) is 11.7 Å². The van der Waals surface area contributed by atoms with Crippen molar-refractivity contribution >= 4 is 35.9 Å². The molecule has 1 heterocycles. The van der Waals surface area contributed by atoms with E-state index in [1.807, 2.05) is 19.1 Å². The molecule has 0 bridgehead atoms. The molecule has 1 N–H and O–H groups in total. The quantitative estimate of drug-likeness (QED) is 0.299. The van der Waals surface area contributed by atoms with Crippen molar-refractivity contribution in [3.8, 4) is 0 Å². The van der Waals surface area contributed by atoms with Gasteiger partial charge in [0.25, 0.3) is 0 Å². The molecule has 5 nitrogen and oxygen atoms in total. The first-order valence-electron chi connectivity index (χ1n) is 9.46. The number of benzene rings is 1. The zero-order valence-corrected chi connectivity index (χ0v) is 18.4. The maximum Gasteiger partial charge on any atom is 0.309 e. The molecule has 7 heteroatoms. The summed E-state index contributed by atoms with van der Waals surface area (Å²) in [6.45, 7) is 4.67. The Hall–Kier alpha value is -1.38. The van der Waals surface area contributed by atoms with Gasteiger partial charge in [-0.05, 0) is 50.3 Å². The molecule has 0 amide bonds. The molecule has 1 aromatic carbocycles. The number of nitrogens with zero attached hydrogens (tertiary/aromatic N) is 2. The summed E-state index contributed by atoms with van der Waals surface area (Å²) in [5.41, 5.74) is 1.27. The monoisotopic (exact) mass is 489 g/mol. The fraction of sp³-hybridized carbons (Fsp3) is 0.600. The van der Waals surface area contributed by atoms with Crippen molar-refractivity contribution in [3.63, 3.8) is 0 Å². The molecule has 1 aromatic rings. The van der Waals surface area contributed by atoms with Crippen LogP contribution >= 0.6 is 24.0 Å². The Bertz CT molecular complexity index is 654. The molecule has 0 spiro atoms. The van der Waals surface area contributed by atoms with Gasteiger partial charge < -0.3 is 15.0 Å². The summed E-state index contributed by atoms with van der Waals surface area (Å²) in [7, 11) is 1.79. The summed E-state index contributed by atoms with van der Waals surface area (Å²) in [6.07, 6.45) is 3.80. The first-order chi connectivity index (χ1) is 12.6. The third-order valence-electron chi connectivity index (χ3n) is 5.52. The molecule has 2 fully saturated rings. The van der Waals surface area contributed by atoms with Gasteiger partial charge in [0.05, 0.1) is 12.5 Å². The molecule has 150 valence electrons. The van der Waals surface area contributed by atoms with E-state index in [-0.39, 0.29) is 47.1 Å². The van der Waals surface area contributed by atoms with E-state index < -0.39 is 0 Å². The number of hydrogen-bond acceptors (Lipinski definition) is 3. The number of rotatable bonds is 5. The molecule has 27 heavy (non-hydrogen) atoms. The number of esters is 1. The first kappa shape index (κ1) is 21.9. The predicted octanol–water partition coefficient (Wildman–Crippen LogP) is 3.33. The molecular weight excluding hydrogens is 460 g/mol. The second kappa shape index (κ2) is 9.71. The lowest BCUT2D eigenvalue weighted by molar-refractivity contribution is -0.149. The van der Waals surface area contributed by atoms with Gasteiger partial charge >= 0.3 is 5.97 Å². The second-order valence-corrected chi connectivity index (χ2v) is 7.20. The van der Waals surface area contributed by atoms with Crippen molar-refractivity contribution in [1.29, 1.82) is 0 Å². The van der Waals surface area contributed by atoms with Crippen LogP contribution in [0.2, 0.25) is 0 Å². The summed E-state index contributed by atoms with van der Waals surface area (Å²) in [5.74, 6) is 0.597. The largest absolute Gasteiger partial charge is 0.466 e. The minimum Gasteiger partial charge on any atom is -0.466 e. The van der Waals surface area contributed by atoms with Gasteiger partial charge in [-0.2, -0.15) is 0 Å². The highest BCUT2D eigenvalue weighted by molar-refractivity contribution is 14.0.